The van der Waals surface area contributed by atoms with Gasteiger partial charge in [-0.05, 0) is 155 Å². The molecule has 0 spiro atoms. The average molecular weight is 886 g/mol. The second-order valence-electron chi connectivity index (χ2n) is 12.0. The maximum atomic E-state index is 4.98. The molecule has 0 atom stereocenters. The fourth-order valence-electron chi connectivity index (χ4n) is 3.11. The van der Waals surface area contributed by atoms with Crippen LogP contribution < -0.4 is 74.7 Å². The van der Waals surface area contributed by atoms with Crippen LogP contribution in [0.15, 0.2) is 17.4 Å². The minimum atomic E-state index is 0.416. The standard InChI is InChI=1S/C7H16N2S.2C6H14N2S.C5H12N2S.C4H8N2S.C3H5N3.C3H6N2S/c1-5(2)8-7(10)9-6(3)4;1-4-7-6(9)8-5(2)3;1-3-5-8-6(9)7-4-2;1-3-6-5(8)7-4-2;7-4-5-2-1-3-6-4;1-3-4-2-5-6-3;6-3-4-1-2-5-3/h5-6H,1-4H3,(H2,8,9,10);5H,4H2,1-3H3,(H2,7,8,9);3-5H2,1-2H3,(H2,7,8,9);3-4H2,1-2H3,(H2,6,7,8);1-3H2,(H2,5,6,7);2,6H,1H2,(H,4,5);1-2H2,(H2,4,5,6). The smallest absolute Gasteiger partial charge is 0.166 e. The van der Waals surface area contributed by atoms with Crippen molar-refractivity contribution in [3.05, 3.63) is 12.4 Å². The van der Waals surface area contributed by atoms with Crippen LogP contribution in [0.25, 0.3) is 0 Å². The third kappa shape index (κ3) is 55.6. The van der Waals surface area contributed by atoms with Gasteiger partial charge in [0, 0.05) is 77.0 Å². The van der Waals surface area contributed by atoms with Crippen LogP contribution in [0.2, 0.25) is 0 Å². The summed E-state index contributed by atoms with van der Waals surface area (Å²) >= 11 is 29.1. The first-order valence-electron chi connectivity index (χ1n) is 18.9. The Bertz CT molecular complexity index is 1020. The van der Waals surface area contributed by atoms with E-state index in [9.17, 15) is 0 Å². The number of hydrogen-bond donors (Lipinski definition) is 14. The van der Waals surface area contributed by atoms with Crippen molar-refractivity contribution in [2.75, 3.05) is 58.9 Å². The third-order valence-corrected chi connectivity index (χ3v) is 6.92. The van der Waals surface area contributed by atoms with Crippen LogP contribution in [0.1, 0.15) is 89.0 Å². The minimum absolute atomic E-state index is 0.416. The molecule has 0 aromatic carbocycles. The van der Waals surface area contributed by atoms with Gasteiger partial charge in [0.1, 0.15) is 12.2 Å². The average Bonchev–Trinajstić information content (AvgIpc) is 3.78. The topological polar surface area (TPSA) is 181 Å². The number of nitrogens with one attached hydrogen (secondary N) is 14. The Morgan fingerprint density at radius 2 is 0.964 bits per heavy atom. The number of aliphatic imine (C=N–C) groups is 1. The quantitative estimate of drug-likeness (QED) is 0.152. The molecule has 3 rings (SSSR count). The molecular formula is C34H75N15S6. The van der Waals surface area contributed by atoms with Crippen LogP contribution in [-0.2, 0) is 0 Å². The normalized spacial score (nSPS) is 12.6. The lowest BCUT2D eigenvalue weighted by Crippen LogP contribution is -2.42. The zero-order valence-corrected chi connectivity index (χ0v) is 40.1. The zero-order valence-electron chi connectivity index (χ0n) is 35.2. The molecule has 14 N–H and O–H groups in total. The Labute approximate surface area is 366 Å². The van der Waals surface area contributed by atoms with Gasteiger partial charge in [-0.25, -0.2) is 4.99 Å². The second kappa shape index (κ2) is 43.9. The summed E-state index contributed by atoms with van der Waals surface area (Å²) in [5, 5.41) is 40.7. The lowest BCUT2D eigenvalue weighted by molar-refractivity contribution is 0.673. The molecule has 0 aromatic rings. The highest BCUT2D eigenvalue weighted by Gasteiger charge is 2.00. The Hall–Kier alpha value is -2.85. The van der Waals surface area contributed by atoms with Gasteiger partial charge in [0.15, 0.2) is 30.7 Å². The van der Waals surface area contributed by atoms with Crippen molar-refractivity contribution in [1.29, 1.82) is 0 Å². The van der Waals surface area contributed by atoms with Gasteiger partial charge < -0.3 is 63.8 Å². The maximum absolute atomic E-state index is 4.98. The maximum Gasteiger partial charge on any atom is 0.166 e. The van der Waals surface area contributed by atoms with Crippen LogP contribution >= 0.6 is 73.3 Å². The minimum Gasteiger partial charge on any atom is -0.363 e. The molecule has 21 heteroatoms. The molecule has 322 valence electrons. The molecule has 0 amide bonds. The Kier molecular flexibility index (Phi) is 46.9. The van der Waals surface area contributed by atoms with Gasteiger partial charge in [0.05, 0.1) is 0 Å². The highest BCUT2D eigenvalue weighted by atomic mass is 32.1. The number of hydrazine groups is 1. The fourth-order valence-corrected chi connectivity index (χ4v) is 4.91. The van der Waals surface area contributed by atoms with E-state index in [1.807, 2.05) is 27.7 Å². The fraction of sp³-hybridized carbons (Fsp3) is 0.735. The molecule has 0 aromatic heterocycles. The summed E-state index contributed by atoms with van der Waals surface area (Å²) in [7, 11) is 0. The van der Waals surface area contributed by atoms with Gasteiger partial charge in [-0.2, -0.15) is 0 Å². The first-order valence-corrected chi connectivity index (χ1v) is 21.3. The number of hydrogen-bond acceptors (Lipinski definition) is 9. The van der Waals surface area contributed by atoms with Crippen LogP contribution in [0.5, 0.6) is 0 Å². The van der Waals surface area contributed by atoms with E-state index < -0.39 is 0 Å². The van der Waals surface area contributed by atoms with Gasteiger partial charge in [-0.1, -0.05) is 13.5 Å². The lowest BCUT2D eigenvalue weighted by atomic mass is 10.4. The van der Waals surface area contributed by atoms with E-state index in [2.05, 4.69) is 135 Å². The Morgan fingerprint density at radius 1 is 0.600 bits per heavy atom. The molecule has 0 aliphatic carbocycles. The van der Waals surface area contributed by atoms with Gasteiger partial charge in [0.25, 0.3) is 0 Å². The van der Waals surface area contributed by atoms with Crippen molar-refractivity contribution >= 4 is 110 Å². The molecule has 0 bridgehead atoms. The van der Waals surface area contributed by atoms with E-state index in [-0.39, 0.29) is 0 Å². The third-order valence-electron chi connectivity index (χ3n) is 5.27. The summed E-state index contributed by atoms with van der Waals surface area (Å²) in [6, 6.07) is 1.26. The van der Waals surface area contributed by atoms with Crippen molar-refractivity contribution < 1.29 is 0 Å². The van der Waals surface area contributed by atoms with E-state index in [0.29, 0.717) is 23.9 Å². The highest BCUT2D eigenvalue weighted by molar-refractivity contribution is 7.81. The van der Waals surface area contributed by atoms with Gasteiger partial charge >= 0.3 is 0 Å². The zero-order chi connectivity index (χ0) is 42.9. The first kappa shape index (κ1) is 58.9. The van der Waals surface area contributed by atoms with Gasteiger partial charge in [-0.15, -0.1) is 0 Å². The molecule has 2 saturated heterocycles. The summed E-state index contributed by atoms with van der Waals surface area (Å²) in [4.78, 5) is 3.69. The van der Waals surface area contributed by atoms with Crippen LogP contribution in [-0.4, -0.2) is 114 Å². The number of thiocarbonyl (C=S) groups is 6. The van der Waals surface area contributed by atoms with Crippen molar-refractivity contribution in [3.8, 4) is 0 Å². The Morgan fingerprint density at radius 3 is 1.22 bits per heavy atom. The molecular weight excluding hydrogens is 811 g/mol. The lowest BCUT2D eigenvalue weighted by Gasteiger charge is -2.14. The largest absolute Gasteiger partial charge is 0.363 e. The summed E-state index contributed by atoms with van der Waals surface area (Å²) in [5.74, 6) is 0.662. The van der Waals surface area contributed by atoms with E-state index in [4.69, 9.17) is 73.3 Å². The Balaban J connectivity index is -0.000000277. The van der Waals surface area contributed by atoms with E-state index in [0.717, 1.165) is 96.0 Å². The van der Waals surface area contributed by atoms with Gasteiger partial charge in [-0.3, -0.25) is 10.9 Å². The summed E-state index contributed by atoms with van der Waals surface area (Å²) in [6.07, 6.45) is 3.84. The molecule has 15 nitrogen and oxygen atoms in total. The predicted molar refractivity (Wildman–Crippen MR) is 264 cm³/mol. The molecule has 0 radical (unpaired) electrons. The van der Waals surface area contributed by atoms with Crippen molar-refractivity contribution in [3.63, 3.8) is 0 Å². The number of nitrogens with zero attached hydrogens (tertiary/aromatic N) is 1. The van der Waals surface area contributed by atoms with Crippen molar-refractivity contribution in [1.82, 2.24) is 74.7 Å². The van der Waals surface area contributed by atoms with E-state index >= 15 is 0 Å². The van der Waals surface area contributed by atoms with Gasteiger partial charge in [0.2, 0.25) is 0 Å². The first-order chi connectivity index (χ1) is 26.0. The molecule has 2 fully saturated rings. The summed E-state index contributed by atoms with van der Waals surface area (Å²) < 4.78 is 0. The summed E-state index contributed by atoms with van der Waals surface area (Å²) in [6.45, 7) is 34.6. The van der Waals surface area contributed by atoms with E-state index in [1.54, 1.807) is 6.34 Å². The molecule has 0 saturated carbocycles. The molecule has 0 unspecified atom stereocenters. The predicted octanol–water partition coefficient (Wildman–Crippen LogP) is 2.43. The number of rotatable bonds is 9. The van der Waals surface area contributed by atoms with Crippen LogP contribution in [0.4, 0.5) is 0 Å². The summed E-state index contributed by atoms with van der Waals surface area (Å²) in [5.41, 5.74) is 5.28. The molecule has 3 aliphatic heterocycles. The highest BCUT2D eigenvalue weighted by Crippen LogP contribution is 1.83. The molecule has 55 heavy (non-hydrogen) atoms. The van der Waals surface area contributed by atoms with E-state index in [1.165, 1.54) is 6.42 Å². The monoisotopic (exact) mass is 885 g/mol. The molecule has 3 aliphatic rings. The second-order valence-corrected chi connectivity index (χ2v) is 14.4. The SMILES string of the molecule is C=C1N=CNN1.CC(C)NC(=S)NC(C)C.CCCNC(=S)NCC.CCNC(=S)NC(C)C.CCNC(=S)NCC.S=C1NCCCN1.S=C1NCCN1. The van der Waals surface area contributed by atoms with Crippen molar-refractivity contribution in [2.24, 2.45) is 4.99 Å². The molecule has 3 heterocycles. The van der Waals surface area contributed by atoms with Crippen LogP contribution in [0.3, 0.4) is 0 Å². The van der Waals surface area contributed by atoms with Crippen LogP contribution in [0, 0.1) is 0 Å². The van der Waals surface area contributed by atoms with Crippen molar-refractivity contribution in [2.45, 2.75) is 107 Å².